The first-order valence-corrected chi connectivity index (χ1v) is 5.04. The maximum absolute atomic E-state index is 8.64. The molecule has 3 N–H and O–H groups in total. The van der Waals surface area contributed by atoms with Crippen molar-refractivity contribution in [3.8, 4) is 11.8 Å². The lowest BCUT2D eigenvalue weighted by atomic mass is 10.0. The number of H-pyrrole nitrogens is 1. The first-order chi connectivity index (χ1) is 7.76. The van der Waals surface area contributed by atoms with Gasteiger partial charge in [0.05, 0.1) is 19.6 Å². The molecule has 2 rings (SSSR count). The Balaban J connectivity index is 2.50. The summed E-state index contributed by atoms with van der Waals surface area (Å²) in [5, 5.41) is 9.66. The lowest BCUT2D eigenvalue weighted by Gasteiger charge is -2.06. The molecular formula is C12H13N3O. The van der Waals surface area contributed by atoms with Crippen LogP contribution in [-0.2, 0) is 0 Å². The van der Waals surface area contributed by atoms with Crippen molar-refractivity contribution in [2.45, 2.75) is 12.5 Å². The average Bonchev–Trinajstić information content (AvgIpc) is 2.71. The fraction of sp³-hybridized carbons (Fsp3) is 0.250. The highest BCUT2D eigenvalue weighted by atomic mass is 16.5. The minimum atomic E-state index is -0.258. The maximum Gasteiger partial charge on any atom is 0.119 e. The summed E-state index contributed by atoms with van der Waals surface area (Å²) in [6, 6.07) is 7.58. The zero-order valence-corrected chi connectivity index (χ0v) is 9.03. The van der Waals surface area contributed by atoms with Gasteiger partial charge in [-0.15, -0.1) is 0 Å². The molecule has 4 heteroatoms. The maximum atomic E-state index is 8.64. The number of rotatable bonds is 3. The molecule has 0 radical (unpaired) electrons. The summed E-state index contributed by atoms with van der Waals surface area (Å²) in [5.74, 6) is 0.789. The van der Waals surface area contributed by atoms with Gasteiger partial charge in [-0.05, 0) is 23.8 Å². The molecule has 0 spiro atoms. The average molecular weight is 215 g/mol. The highest BCUT2D eigenvalue weighted by Gasteiger charge is 2.11. The van der Waals surface area contributed by atoms with Gasteiger partial charge in [-0.3, -0.25) is 0 Å². The third-order valence-electron chi connectivity index (χ3n) is 2.63. The van der Waals surface area contributed by atoms with Gasteiger partial charge in [0, 0.05) is 23.1 Å². The SMILES string of the molecule is COc1ccc2[nH]cc([C@@H](N)CC#N)c2c1. The molecule has 0 saturated heterocycles. The van der Waals surface area contributed by atoms with E-state index in [9.17, 15) is 0 Å². The third-order valence-corrected chi connectivity index (χ3v) is 2.63. The van der Waals surface area contributed by atoms with Crippen molar-refractivity contribution in [2.24, 2.45) is 5.73 Å². The number of fused-ring (bicyclic) bond motifs is 1. The minimum Gasteiger partial charge on any atom is -0.497 e. The van der Waals surface area contributed by atoms with E-state index in [1.54, 1.807) is 7.11 Å². The molecule has 4 nitrogen and oxygen atoms in total. The molecule has 1 aromatic heterocycles. The molecule has 1 heterocycles. The fourth-order valence-electron chi connectivity index (χ4n) is 1.76. The van der Waals surface area contributed by atoms with Crippen molar-refractivity contribution in [2.75, 3.05) is 7.11 Å². The Morgan fingerprint density at radius 3 is 3.06 bits per heavy atom. The first kappa shape index (κ1) is 10.5. The van der Waals surface area contributed by atoms with E-state index in [0.29, 0.717) is 6.42 Å². The topological polar surface area (TPSA) is 74.8 Å². The first-order valence-electron chi connectivity index (χ1n) is 5.04. The molecule has 82 valence electrons. The van der Waals surface area contributed by atoms with Gasteiger partial charge in [-0.25, -0.2) is 0 Å². The van der Waals surface area contributed by atoms with Crippen LogP contribution in [-0.4, -0.2) is 12.1 Å². The van der Waals surface area contributed by atoms with Crippen LogP contribution in [0.5, 0.6) is 5.75 Å². The van der Waals surface area contributed by atoms with Crippen molar-refractivity contribution in [3.05, 3.63) is 30.0 Å². The van der Waals surface area contributed by atoms with Gasteiger partial charge in [0.15, 0.2) is 0 Å². The number of methoxy groups -OCH3 is 1. The molecule has 1 aromatic carbocycles. The Morgan fingerprint density at radius 1 is 1.56 bits per heavy atom. The molecule has 1 atom stereocenters. The summed E-state index contributed by atoms with van der Waals surface area (Å²) < 4.78 is 5.17. The molecule has 0 unspecified atom stereocenters. The monoisotopic (exact) mass is 215 g/mol. The molecule has 0 fully saturated rings. The molecule has 2 aromatic rings. The van der Waals surface area contributed by atoms with E-state index < -0.39 is 0 Å². The third kappa shape index (κ3) is 1.73. The van der Waals surface area contributed by atoms with E-state index in [1.165, 1.54) is 0 Å². The van der Waals surface area contributed by atoms with Crippen molar-refractivity contribution >= 4 is 10.9 Å². The second kappa shape index (κ2) is 4.25. The predicted octanol–water partition coefficient (Wildman–Crippen LogP) is 2.09. The van der Waals surface area contributed by atoms with Crippen LogP contribution in [0.4, 0.5) is 0 Å². The molecule has 0 aliphatic heterocycles. The van der Waals surface area contributed by atoms with Crippen molar-refractivity contribution in [3.63, 3.8) is 0 Å². The van der Waals surface area contributed by atoms with Crippen LogP contribution in [0.25, 0.3) is 10.9 Å². The summed E-state index contributed by atoms with van der Waals surface area (Å²) >= 11 is 0. The Bertz CT molecular complexity index is 539. The Labute approximate surface area is 93.6 Å². The van der Waals surface area contributed by atoms with Gasteiger partial charge >= 0.3 is 0 Å². The molecule has 0 bridgehead atoms. The number of nitriles is 1. The lowest BCUT2D eigenvalue weighted by Crippen LogP contribution is -2.08. The number of nitrogens with one attached hydrogen (secondary N) is 1. The summed E-state index contributed by atoms with van der Waals surface area (Å²) in [5.41, 5.74) is 7.88. The van der Waals surface area contributed by atoms with Crippen LogP contribution < -0.4 is 10.5 Å². The van der Waals surface area contributed by atoms with E-state index in [0.717, 1.165) is 22.2 Å². The highest BCUT2D eigenvalue weighted by molar-refractivity contribution is 5.85. The molecule has 0 aliphatic rings. The van der Waals surface area contributed by atoms with E-state index in [-0.39, 0.29) is 6.04 Å². The lowest BCUT2D eigenvalue weighted by molar-refractivity contribution is 0.415. The van der Waals surface area contributed by atoms with Gasteiger partial charge < -0.3 is 15.5 Å². The number of ether oxygens (including phenoxy) is 1. The zero-order chi connectivity index (χ0) is 11.5. The van der Waals surface area contributed by atoms with E-state index in [4.69, 9.17) is 15.7 Å². The van der Waals surface area contributed by atoms with Crippen molar-refractivity contribution < 1.29 is 4.74 Å². The van der Waals surface area contributed by atoms with Crippen LogP contribution >= 0.6 is 0 Å². The van der Waals surface area contributed by atoms with E-state index >= 15 is 0 Å². The number of nitrogens with two attached hydrogens (primary N) is 1. The van der Waals surface area contributed by atoms with Crippen LogP contribution in [0.3, 0.4) is 0 Å². The summed E-state index contributed by atoms with van der Waals surface area (Å²) in [6.45, 7) is 0. The minimum absolute atomic E-state index is 0.258. The van der Waals surface area contributed by atoms with E-state index in [2.05, 4.69) is 11.1 Å². The van der Waals surface area contributed by atoms with Crippen LogP contribution in [0.2, 0.25) is 0 Å². The number of aromatic nitrogens is 1. The standard InChI is InChI=1S/C12H13N3O/c1-16-8-2-3-12-9(6-8)10(7-15-12)11(14)4-5-13/h2-3,6-7,11,15H,4,14H2,1H3/t11-/m0/s1. The van der Waals surface area contributed by atoms with Gasteiger partial charge in [-0.2, -0.15) is 5.26 Å². The van der Waals surface area contributed by atoms with Gasteiger partial charge in [-0.1, -0.05) is 0 Å². The molecule has 0 aliphatic carbocycles. The highest BCUT2D eigenvalue weighted by Crippen LogP contribution is 2.27. The zero-order valence-electron chi connectivity index (χ0n) is 9.03. The normalized spacial score (nSPS) is 12.3. The Kier molecular flexibility index (Phi) is 2.80. The van der Waals surface area contributed by atoms with Crippen molar-refractivity contribution in [1.29, 1.82) is 5.26 Å². The smallest absolute Gasteiger partial charge is 0.119 e. The number of nitrogens with zero attached hydrogens (tertiary/aromatic N) is 1. The van der Waals surface area contributed by atoms with Gasteiger partial charge in [0.2, 0.25) is 0 Å². The van der Waals surface area contributed by atoms with Gasteiger partial charge in [0.25, 0.3) is 0 Å². The molecular weight excluding hydrogens is 202 g/mol. The second-order valence-electron chi connectivity index (χ2n) is 3.62. The largest absolute Gasteiger partial charge is 0.497 e. The molecule has 16 heavy (non-hydrogen) atoms. The number of aromatic amines is 1. The number of hydrogen-bond donors (Lipinski definition) is 2. The van der Waals surface area contributed by atoms with Gasteiger partial charge in [0.1, 0.15) is 5.75 Å². The number of benzene rings is 1. The van der Waals surface area contributed by atoms with Crippen LogP contribution in [0.15, 0.2) is 24.4 Å². The summed E-state index contributed by atoms with van der Waals surface area (Å²) in [6.07, 6.45) is 2.16. The van der Waals surface area contributed by atoms with Crippen molar-refractivity contribution in [1.82, 2.24) is 4.98 Å². The summed E-state index contributed by atoms with van der Waals surface area (Å²) in [4.78, 5) is 3.13. The predicted molar refractivity (Wildman–Crippen MR) is 62.0 cm³/mol. The Morgan fingerprint density at radius 2 is 2.38 bits per heavy atom. The van der Waals surface area contributed by atoms with E-state index in [1.807, 2.05) is 24.4 Å². The summed E-state index contributed by atoms with van der Waals surface area (Å²) in [7, 11) is 1.63. The fourth-order valence-corrected chi connectivity index (χ4v) is 1.76. The van der Waals surface area contributed by atoms with Crippen LogP contribution in [0.1, 0.15) is 18.0 Å². The number of hydrogen-bond acceptors (Lipinski definition) is 3. The molecule has 0 amide bonds. The quantitative estimate of drug-likeness (QED) is 0.823. The molecule has 0 saturated carbocycles. The second-order valence-corrected chi connectivity index (χ2v) is 3.62. The Hall–Kier alpha value is -1.99. The van der Waals surface area contributed by atoms with Crippen LogP contribution in [0, 0.1) is 11.3 Å².